The van der Waals surface area contributed by atoms with Crippen LogP contribution in [0.2, 0.25) is 10.0 Å². The molecule has 0 aromatic carbocycles. The normalized spacial score (nSPS) is 10.7. The molecule has 0 atom stereocenters. The number of carbonyl (C=O) groups excluding carboxylic acids is 2. The van der Waals surface area contributed by atoms with Crippen LogP contribution in [0, 0.1) is 0 Å². The Bertz CT molecular complexity index is 1050. The molecule has 3 rings (SSSR count). The molecule has 0 saturated carbocycles. The Morgan fingerprint density at radius 2 is 1.93 bits per heavy atom. The monoisotopic (exact) mass is 402 g/mol. The molecule has 0 aliphatic heterocycles. The Kier molecular flexibility index (Phi) is 5.58. The number of rotatable bonds is 5. The number of halogens is 2. The van der Waals surface area contributed by atoms with Crippen LogP contribution in [0.25, 0.3) is 11.0 Å². The van der Waals surface area contributed by atoms with Crippen molar-refractivity contribution in [1.29, 1.82) is 0 Å². The Morgan fingerprint density at radius 3 is 2.59 bits per heavy atom. The minimum absolute atomic E-state index is 0.149. The molecule has 0 aliphatic carbocycles. The second-order valence-corrected chi connectivity index (χ2v) is 6.93. The van der Waals surface area contributed by atoms with E-state index in [9.17, 15) is 9.59 Å². The maximum absolute atomic E-state index is 12.8. The highest BCUT2D eigenvalue weighted by Gasteiger charge is 2.23. The van der Waals surface area contributed by atoms with Gasteiger partial charge in [0.25, 0.3) is 11.7 Å². The number of hydrogen-bond acceptors (Lipinski definition) is 4. The van der Waals surface area contributed by atoms with Crippen molar-refractivity contribution in [2.45, 2.75) is 20.4 Å². The molecular formula is C19H16Cl2N4O2. The van der Waals surface area contributed by atoms with Crippen LogP contribution >= 0.6 is 23.2 Å². The third-order valence-corrected chi connectivity index (χ3v) is 4.45. The van der Waals surface area contributed by atoms with E-state index in [-0.39, 0.29) is 21.3 Å². The van der Waals surface area contributed by atoms with E-state index in [0.717, 1.165) is 5.57 Å². The Morgan fingerprint density at radius 1 is 1.22 bits per heavy atom. The van der Waals surface area contributed by atoms with Gasteiger partial charge in [0.1, 0.15) is 5.65 Å². The lowest BCUT2D eigenvalue weighted by molar-refractivity contribution is -0.112. The minimum Gasteiger partial charge on any atom is -0.328 e. The molecule has 0 bridgehead atoms. The van der Waals surface area contributed by atoms with Gasteiger partial charge >= 0.3 is 0 Å². The van der Waals surface area contributed by atoms with Crippen LogP contribution < -0.4 is 5.32 Å². The van der Waals surface area contributed by atoms with Gasteiger partial charge in [0.2, 0.25) is 0 Å². The molecule has 8 heteroatoms. The van der Waals surface area contributed by atoms with E-state index in [4.69, 9.17) is 23.2 Å². The summed E-state index contributed by atoms with van der Waals surface area (Å²) in [6, 6.07) is 3.48. The quantitative estimate of drug-likeness (QED) is 0.386. The molecule has 0 aliphatic rings. The number of ketones is 1. The highest BCUT2D eigenvalue weighted by Crippen LogP contribution is 2.29. The predicted molar refractivity (Wildman–Crippen MR) is 106 cm³/mol. The third-order valence-electron chi connectivity index (χ3n) is 3.87. The summed E-state index contributed by atoms with van der Waals surface area (Å²) >= 11 is 12.0. The summed E-state index contributed by atoms with van der Waals surface area (Å²) < 4.78 is 1.83. The maximum atomic E-state index is 12.8. The Labute approximate surface area is 165 Å². The Balaban J connectivity index is 1.96. The van der Waals surface area contributed by atoms with Gasteiger partial charge in [-0.3, -0.25) is 14.6 Å². The van der Waals surface area contributed by atoms with E-state index in [2.05, 4.69) is 15.3 Å². The van der Waals surface area contributed by atoms with Gasteiger partial charge in [0, 0.05) is 36.7 Å². The van der Waals surface area contributed by atoms with Gasteiger partial charge in [-0.05, 0) is 26.0 Å². The number of pyridine rings is 2. The van der Waals surface area contributed by atoms with Gasteiger partial charge in [-0.1, -0.05) is 34.9 Å². The summed E-state index contributed by atoms with van der Waals surface area (Å²) in [5.41, 5.74) is 2.18. The average Bonchev–Trinajstić information content (AvgIpc) is 3.01. The number of carbonyl (C=O) groups is 2. The number of Topliss-reactive ketones (excluding diaryl/α,β-unsaturated/α-hetero) is 1. The molecule has 27 heavy (non-hydrogen) atoms. The zero-order valence-corrected chi connectivity index (χ0v) is 16.2. The molecule has 3 aromatic rings. The lowest BCUT2D eigenvalue weighted by atomic mass is 10.1. The lowest BCUT2D eigenvalue weighted by Gasteiger charge is -2.07. The van der Waals surface area contributed by atoms with Gasteiger partial charge in [0.05, 0.1) is 21.3 Å². The molecule has 1 amide bonds. The summed E-state index contributed by atoms with van der Waals surface area (Å²) in [6.45, 7) is 4.52. The highest BCUT2D eigenvalue weighted by molar-refractivity contribution is 6.50. The van der Waals surface area contributed by atoms with Crippen LogP contribution in [0.4, 0.5) is 5.69 Å². The molecule has 138 valence electrons. The molecular weight excluding hydrogens is 387 g/mol. The van der Waals surface area contributed by atoms with Crippen LogP contribution in [0.1, 0.15) is 24.2 Å². The largest absolute Gasteiger partial charge is 0.328 e. The van der Waals surface area contributed by atoms with E-state index >= 15 is 0 Å². The molecule has 1 N–H and O–H groups in total. The van der Waals surface area contributed by atoms with Crippen LogP contribution in [-0.4, -0.2) is 26.2 Å². The number of fused-ring (bicyclic) bond motifs is 1. The number of aromatic nitrogens is 3. The molecule has 3 aromatic heterocycles. The standard InChI is InChI=1S/C19H16Cl2N4O2/c1-11(2)5-7-25-10-13(12-4-3-6-23-18(12)25)17(26)19(27)24-16-14(20)8-22-9-15(16)21/h3-6,8-10H,7H2,1-2H3,(H,22,24,27). The van der Waals surface area contributed by atoms with Crippen molar-refractivity contribution < 1.29 is 9.59 Å². The van der Waals surface area contributed by atoms with E-state index in [1.165, 1.54) is 12.4 Å². The average molecular weight is 403 g/mol. The van der Waals surface area contributed by atoms with Crippen molar-refractivity contribution >= 4 is 51.6 Å². The van der Waals surface area contributed by atoms with Gasteiger partial charge in [-0.25, -0.2) is 4.98 Å². The van der Waals surface area contributed by atoms with E-state index in [1.54, 1.807) is 24.5 Å². The first-order valence-corrected chi connectivity index (χ1v) is 8.86. The second kappa shape index (κ2) is 7.90. The van der Waals surface area contributed by atoms with E-state index < -0.39 is 11.7 Å². The van der Waals surface area contributed by atoms with E-state index in [1.807, 2.05) is 24.5 Å². The molecule has 0 radical (unpaired) electrons. The predicted octanol–water partition coefficient (Wildman–Crippen LogP) is 4.53. The fourth-order valence-corrected chi connectivity index (χ4v) is 3.01. The number of nitrogens with one attached hydrogen (secondary N) is 1. The van der Waals surface area contributed by atoms with Gasteiger partial charge in [-0.15, -0.1) is 0 Å². The summed E-state index contributed by atoms with van der Waals surface area (Å²) in [4.78, 5) is 33.4. The molecule has 0 fully saturated rings. The van der Waals surface area contributed by atoms with Gasteiger partial charge in [-0.2, -0.15) is 0 Å². The van der Waals surface area contributed by atoms with Crippen molar-refractivity contribution in [3.05, 3.63) is 64.2 Å². The smallest absolute Gasteiger partial charge is 0.296 e. The van der Waals surface area contributed by atoms with Crippen molar-refractivity contribution in [3.63, 3.8) is 0 Å². The molecule has 3 heterocycles. The van der Waals surface area contributed by atoms with Crippen molar-refractivity contribution in [2.24, 2.45) is 0 Å². The first-order chi connectivity index (χ1) is 12.9. The molecule has 0 spiro atoms. The maximum Gasteiger partial charge on any atom is 0.296 e. The highest BCUT2D eigenvalue weighted by atomic mass is 35.5. The van der Waals surface area contributed by atoms with E-state index in [0.29, 0.717) is 17.6 Å². The fraction of sp³-hybridized carbons (Fsp3) is 0.158. The first kappa shape index (κ1) is 19.1. The Hall–Kier alpha value is -2.70. The van der Waals surface area contributed by atoms with Crippen LogP contribution in [0.3, 0.4) is 0 Å². The number of nitrogens with zero attached hydrogens (tertiary/aromatic N) is 3. The van der Waals surface area contributed by atoms with Gasteiger partial charge in [0.15, 0.2) is 0 Å². The van der Waals surface area contributed by atoms with Gasteiger partial charge < -0.3 is 9.88 Å². The first-order valence-electron chi connectivity index (χ1n) is 8.10. The minimum atomic E-state index is -0.838. The molecule has 0 unspecified atom stereocenters. The van der Waals surface area contributed by atoms with Crippen LogP contribution in [0.15, 0.2) is 48.6 Å². The lowest BCUT2D eigenvalue weighted by Crippen LogP contribution is -2.23. The zero-order valence-electron chi connectivity index (χ0n) is 14.7. The summed E-state index contributed by atoms with van der Waals surface area (Å²) in [5.74, 6) is -1.54. The van der Waals surface area contributed by atoms with Crippen LogP contribution in [-0.2, 0) is 11.3 Å². The van der Waals surface area contributed by atoms with Crippen LogP contribution in [0.5, 0.6) is 0 Å². The van der Waals surface area contributed by atoms with Crippen molar-refractivity contribution in [1.82, 2.24) is 14.5 Å². The summed E-state index contributed by atoms with van der Waals surface area (Å²) in [7, 11) is 0. The number of anilines is 1. The molecule has 0 saturated heterocycles. The number of hydrogen-bond donors (Lipinski definition) is 1. The zero-order chi connectivity index (χ0) is 19.6. The SMILES string of the molecule is CC(C)=CCn1cc(C(=O)C(=O)Nc2c(Cl)cncc2Cl)c2cccnc21. The third kappa shape index (κ3) is 4.02. The summed E-state index contributed by atoms with van der Waals surface area (Å²) in [6.07, 6.45) is 7.96. The fourth-order valence-electron chi connectivity index (χ4n) is 2.55. The topological polar surface area (TPSA) is 76.9 Å². The summed E-state index contributed by atoms with van der Waals surface area (Å²) in [5, 5.41) is 3.37. The number of allylic oxidation sites excluding steroid dienone is 2. The molecule has 6 nitrogen and oxygen atoms in total. The number of amides is 1. The van der Waals surface area contributed by atoms with Crippen molar-refractivity contribution in [2.75, 3.05) is 5.32 Å². The van der Waals surface area contributed by atoms with Crippen molar-refractivity contribution in [3.8, 4) is 0 Å². The second-order valence-electron chi connectivity index (χ2n) is 6.11.